The Morgan fingerprint density at radius 1 is 0.950 bits per heavy atom. The molecule has 1 unspecified atom stereocenters. The molecule has 0 spiro atoms. The van der Waals surface area contributed by atoms with Gasteiger partial charge in [0, 0.05) is 12.6 Å². The molecule has 0 saturated carbocycles. The lowest BCUT2D eigenvalue weighted by Gasteiger charge is -2.26. The zero-order valence-electron chi connectivity index (χ0n) is 12.4. The zero-order valence-corrected chi connectivity index (χ0v) is 12.4. The lowest BCUT2D eigenvalue weighted by atomic mass is 10.0. The summed E-state index contributed by atoms with van der Waals surface area (Å²) >= 11 is 0. The third-order valence-corrected chi connectivity index (χ3v) is 3.61. The Morgan fingerprint density at radius 2 is 1.55 bits per heavy atom. The van der Waals surface area contributed by atoms with Crippen LogP contribution in [-0.2, 0) is 0 Å². The van der Waals surface area contributed by atoms with Gasteiger partial charge in [0.2, 0.25) is 0 Å². The molecule has 104 valence electrons. The number of likely N-dealkylation sites (N-methyl/N-ethyl adjacent to an activating group) is 1. The topological polar surface area (TPSA) is 3.24 Å². The van der Waals surface area contributed by atoms with Gasteiger partial charge in [0.15, 0.2) is 0 Å². The molecule has 0 saturated heterocycles. The van der Waals surface area contributed by atoms with Gasteiger partial charge in [0.05, 0.1) is 0 Å². The van der Waals surface area contributed by atoms with Crippen LogP contribution in [0.5, 0.6) is 0 Å². The Morgan fingerprint density at radius 3 is 2.15 bits per heavy atom. The second-order valence-electron chi connectivity index (χ2n) is 5.09. The van der Waals surface area contributed by atoms with E-state index in [0.29, 0.717) is 6.04 Å². The lowest BCUT2D eigenvalue weighted by molar-refractivity contribution is 0.264. The van der Waals surface area contributed by atoms with Crippen molar-refractivity contribution < 1.29 is 0 Å². The second-order valence-corrected chi connectivity index (χ2v) is 5.09. The molecule has 0 heterocycles. The average Bonchev–Trinajstić information content (AvgIpc) is 2.50. The molecule has 1 atom stereocenters. The molecule has 1 nitrogen and oxygen atoms in total. The Hall–Kier alpha value is -1.86. The molecule has 20 heavy (non-hydrogen) atoms. The summed E-state index contributed by atoms with van der Waals surface area (Å²) < 4.78 is 0. The summed E-state index contributed by atoms with van der Waals surface area (Å²) in [6.07, 6.45) is 5.55. The van der Waals surface area contributed by atoms with Crippen LogP contribution in [0, 0.1) is 0 Å². The molecule has 2 aromatic rings. The van der Waals surface area contributed by atoms with Gasteiger partial charge < -0.3 is 0 Å². The van der Waals surface area contributed by atoms with E-state index < -0.39 is 0 Å². The Balaban J connectivity index is 1.96. The normalized spacial score (nSPS) is 12.9. The molecule has 0 radical (unpaired) electrons. The Bertz CT molecular complexity index is 516. The van der Waals surface area contributed by atoms with Crippen LogP contribution in [0.2, 0.25) is 0 Å². The average molecular weight is 265 g/mol. The molecule has 0 bridgehead atoms. The van der Waals surface area contributed by atoms with Gasteiger partial charge in [-0.3, -0.25) is 4.90 Å². The molecule has 2 rings (SSSR count). The van der Waals surface area contributed by atoms with E-state index >= 15 is 0 Å². The van der Waals surface area contributed by atoms with E-state index in [0.717, 1.165) is 13.0 Å². The van der Waals surface area contributed by atoms with Crippen molar-refractivity contribution in [2.75, 3.05) is 13.6 Å². The lowest BCUT2D eigenvalue weighted by Crippen LogP contribution is -2.24. The van der Waals surface area contributed by atoms with Crippen LogP contribution < -0.4 is 0 Å². The fourth-order valence-corrected chi connectivity index (χ4v) is 2.52. The molecular formula is C19H23N. The van der Waals surface area contributed by atoms with E-state index in [1.165, 1.54) is 11.1 Å². The van der Waals surface area contributed by atoms with Gasteiger partial charge in [-0.15, -0.1) is 0 Å². The maximum Gasteiger partial charge on any atom is 0.0345 e. The maximum absolute atomic E-state index is 2.40. The van der Waals surface area contributed by atoms with Crippen LogP contribution in [0.3, 0.4) is 0 Å². The van der Waals surface area contributed by atoms with Crippen molar-refractivity contribution in [2.24, 2.45) is 0 Å². The summed E-state index contributed by atoms with van der Waals surface area (Å²) in [6.45, 7) is 3.21. The SMILES string of the molecule is CCC(c1ccccc1)N(C)CC=Cc1ccccc1. The summed E-state index contributed by atoms with van der Waals surface area (Å²) in [7, 11) is 2.19. The predicted octanol–water partition coefficient (Wildman–Crippen LogP) is 4.78. The number of hydrogen-bond acceptors (Lipinski definition) is 1. The highest BCUT2D eigenvalue weighted by Gasteiger charge is 2.12. The van der Waals surface area contributed by atoms with Crippen LogP contribution in [-0.4, -0.2) is 18.5 Å². The fourth-order valence-electron chi connectivity index (χ4n) is 2.52. The van der Waals surface area contributed by atoms with Gasteiger partial charge in [0.25, 0.3) is 0 Å². The van der Waals surface area contributed by atoms with E-state index in [4.69, 9.17) is 0 Å². The Labute approximate surface area is 122 Å². The summed E-state index contributed by atoms with van der Waals surface area (Å²) in [5, 5.41) is 0. The van der Waals surface area contributed by atoms with Crippen molar-refractivity contribution >= 4 is 6.08 Å². The first-order valence-corrected chi connectivity index (χ1v) is 7.28. The van der Waals surface area contributed by atoms with Crippen molar-refractivity contribution in [1.29, 1.82) is 0 Å². The molecule has 0 N–H and O–H groups in total. The molecular weight excluding hydrogens is 242 g/mol. The highest BCUT2D eigenvalue weighted by Crippen LogP contribution is 2.22. The van der Waals surface area contributed by atoms with E-state index in [2.05, 4.69) is 85.6 Å². The summed E-state index contributed by atoms with van der Waals surface area (Å²) in [5.74, 6) is 0. The summed E-state index contributed by atoms with van der Waals surface area (Å²) in [5.41, 5.74) is 2.65. The highest BCUT2D eigenvalue weighted by molar-refractivity contribution is 5.48. The number of nitrogens with zero attached hydrogens (tertiary/aromatic N) is 1. The molecule has 0 fully saturated rings. The third-order valence-electron chi connectivity index (χ3n) is 3.61. The van der Waals surface area contributed by atoms with Gasteiger partial charge in [-0.05, 0) is 24.6 Å². The molecule has 0 aromatic heterocycles. The van der Waals surface area contributed by atoms with Crippen LogP contribution >= 0.6 is 0 Å². The largest absolute Gasteiger partial charge is 0.296 e. The molecule has 2 aromatic carbocycles. The first-order valence-electron chi connectivity index (χ1n) is 7.28. The first-order chi connectivity index (χ1) is 9.81. The monoisotopic (exact) mass is 265 g/mol. The van der Waals surface area contributed by atoms with Crippen LogP contribution in [0.25, 0.3) is 6.08 Å². The van der Waals surface area contributed by atoms with Crippen molar-refractivity contribution in [3.8, 4) is 0 Å². The van der Waals surface area contributed by atoms with Crippen molar-refractivity contribution in [2.45, 2.75) is 19.4 Å². The number of benzene rings is 2. The van der Waals surface area contributed by atoms with Gasteiger partial charge in [0.1, 0.15) is 0 Å². The van der Waals surface area contributed by atoms with Crippen LogP contribution in [0.4, 0.5) is 0 Å². The fraction of sp³-hybridized carbons (Fsp3) is 0.263. The van der Waals surface area contributed by atoms with Crippen molar-refractivity contribution in [3.05, 3.63) is 77.9 Å². The highest BCUT2D eigenvalue weighted by atomic mass is 15.1. The molecule has 0 aliphatic rings. The third kappa shape index (κ3) is 4.07. The van der Waals surface area contributed by atoms with E-state index in [1.807, 2.05) is 6.07 Å². The molecule has 1 heteroatoms. The van der Waals surface area contributed by atoms with Crippen molar-refractivity contribution in [1.82, 2.24) is 4.90 Å². The minimum atomic E-state index is 0.483. The maximum atomic E-state index is 2.40. The van der Waals surface area contributed by atoms with Gasteiger partial charge in [-0.1, -0.05) is 79.7 Å². The zero-order chi connectivity index (χ0) is 14.2. The summed E-state index contributed by atoms with van der Waals surface area (Å²) in [6, 6.07) is 21.7. The molecule has 0 amide bonds. The first kappa shape index (κ1) is 14.5. The van der Waals surface area contributed by atoms with Gasteiger partial charge in [-0.2, -0.15) is 0 Å². The molecule has 0 aliphatic heterocycles. The van der Waals surface area contributed by atoms with Crippen LogP contribution in [0.1, 0.15) is 30.5 Å². The van der Waals surface area contributed by atoms with Gasteiger partial charge >= 0.3 is 0 Å². The van der Waals surface area contributed by atoms with E-state index in [1.54, 1.807) is 0 Å². The Kier molecular flexibility index (Phi) is 5.57. The van der Waals surface area contributed by atoms with Crippen molar-refractivity contribution in [3.63, 3.8) is 0 Å². The second kappa shape index (κ2) is 7.66. The van der Waals surface area contributed by atoms with E-state index in [9.17, 15) is 0 Å². The smallest absolute Gasteiger partial charge is 0.0345 e. The molecule has 0 aliphatic carbocycles. The van der Waals surface area contributed by atoms with Crippen LogP contribution in [0.15, 0.2) is 66.7 Å². The standard InChI is InChI=1S/C19H23N/c1-3-19(18-14-8-5-9-15-18)20(2)16-10-13-17-11-6-4-7-12-17/h4-15,19H,3,16H2,1-2H3. The number of hydrogen-bond donors (Lipinski definition) is 0. The predicted molar refractivity (Wildman–Crippen MR) is 87.6 cm³/mol. The summed E-state index contributed by atoms with van der Waals surface area (Å²) in [4.78, 5) is 2.40. The minimum Gasteiger partial charge on any atom is -0.296 e. The van der Waals surface area contributed by atoms with E-state index in [-0.39, 0.29) is 0 Å². The van der Waals surface area contributed by atoms with Gasteiger partial charge in [-0.25, -0.2) is 0 Å². The minimum absolute atomic E-state index is 0.483. The quantitative estimate of drug-likeness (QED) is 0.726. The number of rotatable bonds is 6.